The third-order valence-corrected chi connectivity index (χ3v) is 2.44. The molecule has 1 aromatic rings. The highest BCUT2D eigenvalue weighted by Crippen LogP contribution is 2.24. The molecule has 2 N–H and O–H groups in total. The largest absolute Gasteiger partial charge is 0.398 e. The molecule has 11 heavy (non-hydrogen) atoms. The molecule has 2 heteroatoms. The van der Waals surface area contributed by atoms with Crippen molar-refractivity contribution in [3.63, 3.8) is 0 Å². The van der Waals surface area contributed by atoms with Gasteiger partial charge < -0.3 is 5.73 Å². The van der Waals surface area contributed by atoms with Crippen LogP contribution in [0.4, 0.5) is 5.69 Å². The number of benzene rings is 1. The Morgan fingerprint density at radius 3 is 2.73 bits per heavy atom. The van der Waals surface area contributed by atoms with E-state index in [9.17, 15) is 0 Å². The van der Waals surface area contributed by atoms with Crippen LogP contribution in [-0.4, -0.2) is 5.75 Å². The average Bonchev–Trinajstić information content (AvgIpc) is 1.95. The Kier molecular flexibility index (Phi) is 2.83. The summed E-state index contributed by atoms with van der Waals surface area (Å²) in [7, 11) is 0. The minimum atomic E-state index is 0.900. The molecule has 60 valence electrons. The molecule has 0 heterocycles. The molecule has 0 radical (unpaired) electrons. The van der Waals surface area contributed by atoms with Crippen LogP contribution in [0.1, 0.15) is 12.5 Å². The lowest BCUT2D eigenvalue weighted by Crippen LogP contribution is -1.88. The Morgan fingerprint density at radius 2 is 2.18 bits per heavy atom. The molecule has 0 saturated carbocycles. The number of rotatable bonds is 2. The molecular weight excluding hydrogens is 154 g/mol. The summed E-state index contributed by atoms with van der Waals surface area (Å²) in [6.45, 7) is 4.18. The summed E-state index contributed by atoms with van der Waals surface area (Å²) < 4.78 is 0. The van der Waals surface area contributed by atoms with Crippen LogP contribution in [0.3, 0.4) is 0 Å². The van der Waals surface area contributed by atoms with Gasteiger partial charge in [0.1, 0.15) is 0 Å². The van der Waals surface area contributed by atoms with Crippen molar-refractivity contribution in [3.8, 4) is 0 Å². The van der Waals surface area contributed by atoms with Crippen molar-refractivity contribution in [2.75, 3.05) is 11.5 Å². The van der Waals surface area contributed by atoms with Crippen molar-refractivity contribution < 1.29 is 0 Å². The van der Waals surface area contributed by atoms with Crippen molar-refractivity contribution >= 4 is 17.4 Å². The van der Waals surface area contributed by atoms with E-state index in [1.807, 2.05) is 6.07 Å². The number of hydrogen-bond acceptors (Lipinski definition) is 2. The predicted molar refractivity (Wildman–Crippen MR) is 52.0 cm³/mol. The SMILES string of the molecule is CCSc1ccc(C)cc1N. The molecule has 0 fully saturated rings. The van der Waals surface area contributed by atoms with Gasteiger partial charge in [-0.1, -0.05) is 13.0 Å². The second-order valence-electron chi connectivity index (χ2n) is 2.47. The molecule has 0 bridgehead atoms. The van der Waals surface area contributed by atoms with Crippen LogP contribution >= 0.6 is 11.8 Å². The van der Waals surface area contributed by atoms with E-state index >= 15 is 0 Å². The van der Waals surface area contributed by atoms with E-state index in [1.165, 1.54) is 10.5 Å². The van der Waals surface area contributed by atoms with Gasteiger partial charge in [0.25, 0.3) is 0 Å². The van der Waals surface area contributed by atoms with Crippen molar-refractivity contribution in [3.05, 3.63) is 23.8 Å². The number of anilines is 1. The maximum atomic E-state index is 5.79. The average molecular weight is 167 g/mol. The number of nitrogens with two attached hydrogens (primary N) is 1. The van der Waals surface area contributed by atoms with Gasteiger partial charge in [0.15, 0.2) is 0 Å². The van der Waals surface area contributed by atoms with Crippen molar-refractivity contribution in [2.24, 2.45) is 0 Å². The van der Waals surface area contributed by atoms with Crippen molar-refractivity contribution in [1.82, 2.24) is 0 Å². The first-order chi connectivity index (χ1) is 5.24. The van der Waals surface area contributed by atoms with Gasteiger partial charge in [-0.05, 0) is 30.4 Å². The number of nitrogen functional groups attached to an aromatic ring is 1. The highest BCUT2D eigenvalue weighted by molar-refractivity contribution is 7.99. The lowest BCUT2D eigenvalue weighted by molar-refractivity contribution is 1.37. The van der Waals surface area contributed by atoms with Gasteiger partial charge in [-0.3, -0.25) is 0 Å². The van der Waals surface area contributed by atoms with Gasteiger partial charge in [0.05, 0.1) is 0 Å². The fraction of sp³-hybridized carbons (Fsp3) is 0.333. The van der Waals surface area contributed by atoms with E-state index in [4.69, 9.17) is 5.73 Å². The highest BCUT2D eigenvalue weighted by atomic mass is 32.2. The predicted octanol–water partition coefficient (Wildman–Crippen LogP) is 2.69. The standard InChI is InChI=1S/C9H13NS/c1-3-11-9-5-4-7(2)6-8(9)10/h4-6H,3,10H2,1-2H3. The van der Waals surface area contributed by atoms with Gasteiger partial charge in [-0.2, -0.15) is 0 Å². The van der Waals surface area contributed by atoms with Gasteiger partial charge in [-0.15, -0.1) is 11.8 Å². The zero-order valence-corrected chi connectivity index (χ0v) is 7.74. The Hall–Kier alpha value is -0.630. The van der Waals surface area contributed by atoms with Crippen LogP contribution in [-0.2, 0) is 0 Å². The third kappa shape index (κ3) is 2.15. The van der Waals surface area contributed by atoms with Crippen LogP contribution < -0.4 is 5.73 Å². The third-order valence-electron chi connectivity index (χ3n) is 1.47. The number of thioether (sulfide) groups is 1. The molecule has 0 amide bonds. The van der Waals surface area contributed by atoms with E-state index < -0.39 is 0 Å². The van der Waals surface area contributed by atoms with E-state index in [1.54, 1.807) is 11.8 Å². The molecule has 0 aliphatic rings. The van der Waals surface area contributed by atoms with Gasteiger partial charge >= 0.3 is 0 Å². The van der Waals surface area contributed by atoms with Crippen LogP contribution in [0.25, 0.3) is 0 Å². The van der Waals surface area contributed by atoms with Gasteiger partial charge in [0, 0.05) is 10.6 Å². The lowest BCUT2D eigenvalue weighted by atomic mass is 10.2. The summed E-state index contributed by atoms with van der Waals surface area (Å²) in [5.74, 6) is 1.08. The highest BCUT2D eigenvalue weighted by Gasteiger charge is 1.96. The van der Waals surface area contributed by atoms with Crippen LogP contribution in [0, 0.1) is 6.92 Å². The second kappa shape index (κ2) is 3.67. The Bertz CT molecular complexity index is 245. The summed E-state index contributed by atoms with van der Waals surface area (Å²) in [4.78, 5) is 1.19. The molecule has 0 aromatic heterocycles. The first-order valence-electron chi connectivity index (χ1n) is 3.73. The minimum Gasteiger partial charge on any atom is -0.398 e. The zero-order chi connectivity index (χ0) is 8.27. The number of aryl methyl sites for hydroxylation is 1. The summed E-state index contributed by atoms with van der Waals surface area (Å²) in [6, 6.07) is 6.19. The normalized spacial score (nSPS) is 10.0. The molecule has 1 aromatic carbocycles. The van der Waals surface area contributed by atoms with Gasteiger partial charge in [-0.25, -0.2) is 0 Å². The smallest absolute Gasteiger partial charge is 0.0454 e. The van der Waals surface area contributed by atoms with Crippen molar-refractivity contribution in [2.45, 2.75) is 18.7 Å². The fourth-order valence-corrected chi connectivity index (χ4v) is 1.66. The monoisotopic (exact) mass is 167 g/mol. The first-order valence-corrected chi connectivity index (χ1v) is 4.71. The van der Waals surface area contributed by atoms with Gasteiger partial charge in [0.2, 0.25) is 0 Å². The molecule has 0 aliphatic carbocycles. The molecule has 0 saturated heterocycles. The molecule has 0 unspecified atom stereocenters. The molecule has 0 spiro atoms. The van der Waals surface area contributed by atoms with E-state index in [2.05, 4.69) is 26.0 Å². The van der Waals surface area contributed by atoms with E-state index in [0.717, 1.165) is 11.4 Å². The van der Waals surface area contributed by atoms with Crippen LogP contribution in [0.5, 0.6) is 0 Å². The first kappa shape index (κ1) is 8.47. The second-order valence-corrected chi connectivity index (χ2v) is 3.78. The molecule has 0 atom stereocenters. The molecule has 1 nitrogen and oxygen atoms in total. The van der Waals surface area contributed by atoms with E-state index in [-0.39, 0.29) is 0 Å². The number of hydrogen-bond donors (Lipinski definition) is 1. The maximum Gasteiger partial charge on any atom is 0.0454 e. The maximum absolute atomic E-state index is 5.79. The molecule has 0 aliphatic heterocycles. The van der Waals surface area contributed by atoms with Crippen molar-refractivity contribution in [1.29, 1.82) is 0 Å². The molecular formula is C9H13NS. The van der Waals surface area contributed by atoms with Crippen LogP contribution in [0.15, 0.2) is 23.1 Å². The summed E-state index contributed by atoms with van der Waals surface area (Å²) in [6.07, 6.45) is 0. The Balaban J connectivity index is 2.90. The Labute approximate surface area is 72.0 Å². The fourth-order valence-electron chi connectivity index (χ4n) is 0.955. The minimum absolute atomic E-state index is 0.900. The topological polar surface area (TPSA) is 26.0 Å². The summed E-state index contributed by atoms with van der Waals surface area (Å²) in [5, 5.41) is 0. The quantitative estimate of drug-likeness (QED) is 0.541. The van der Waals surface area contributed by atoms with E-state index in [0.29, 0.717) is 0 Å². The summed E-state index contributed by atoms with van der Waals surface area (Å²) >= 11 is 1.79. The molecule has 1 rings (SSSR count). The Morgan fingerprint density at radius 1 is 1.45 bits per heavy atom. The van der Waals surface area contributed by atoms with Crippen LogP contribution in [0.2, 0.25) is 0 Å². The lowest BCUT2D eigenvalue weighted by Gasteiger charge is -2.03. The zero-order valence-electron chi connectivity index (χ0n) is 6.92. The summed E-state index contributed by atoms with van der Waals surface area (Å²) in [5.41, 5.74) is 7.91.